The number of rotatable bonds is 3. The van der Waals surface area contributed by atoms with Gasteiger partial charge in [-0.05, 0) is 31.4 Å². The van der Waals surface area contributed by atoms with Crippen LogP contribution in [0, 0.1) is 6.92 Å². The van der Waals surface area contributed by atoms with E-state index in [4.69, 9.17) is 9.47 Å². The highest BCUT2D eigenvalue weighted by Crippen LogP contribution is 2.41. The molecule has 1 aliphatic heterocycles. The summed E-state index contributed by atoms with van der Waals surface area (Å²) in [6.07, 6.45) is 4.66. The minimum atomic E-state index is 0.332. The molecule has 0 atom stereocenters. The Morgan fingerprint density at radius 1 is 1.35 bits per heavy atom. The van der Waals surface area contributed by atoms with Crippen molar-refractivity contribution in [2.75, 3.05) is 7.11 Å². The Bertz CT molecular complexity index is 461. The summed E-state index contributed by atoms with van der Waals surface area (Å²) in [5.41, 5.74) is 3.93. The summed E-state index contributed by atoms with van der Waals surface area (Å²) in [5.74, 6) is 1.11. The lowest BCUT2D eigenvalue weighted by molar-refractivity contribution is 0.133. The normalized spacial score (nSPS) is 14.3. The summed E-state index contributed by atoms with van der Waals surface area (Å²) < 4.78 is 10.8. The minimum absolute atomic E-state index is 0.332. The second-order valence-corrected chi connectivity index (χ2v) is 4.21. The SMILES string of the molecule is C/C=C\Cc1c(O)c2c(c(C)c1OC)COC2. The van der Waals surface area contributed by atoms with E-state index in [0.717, 1.165) is 28.0 Å². The molecule has 2 rings (SSSR count). The van der Waals surface area contributed by atoms with Crippen LogP contribution in [-0.4, -0.2) is 12.2 Å². The molecule has 0 aromatic heterocycles. The zero-order valence-electron chi connectivity index (χ0n) is 10.5. The van der Waals surface area contributed by atoms with Crippen LogP contribution in [0.4, 0.5) is 0 Å². The minimum Gasteiger partial charge on any atom is -0.507 e. The van der Waals surface area contributed by atoms with Crippen molar-refractivity contribution in [1.29, 1.82) is 0 Å². The number of benzene rings is 1. The molecule has 1 N–H and O–H groups in total. The van der Waals surface area contributed by atoms with Gasteiger partial charge in [-0.3, -0.25) is 0 Å². The van der Waals surface area contributed by atoms with Crippen LogP contribution >= 0.6 is 0 Å². The average molecular weight is 234 g/mol. The van der Waals surface area contributed by atoms with Gasteiger partial charge in [-0.2, -0.15) is 0 Å². The predicted molar refractivity (Wildman–Crippen MR) is 66.4 cm³/mol. The molecule has 0 radical (unpaired) electrons. The Morgan fingerprint density at radius 2 is 2.06 bits per heavy atom. The topological polar surface area (TPSA) is 38.7 Å². The van der Waals surface area contributed by atoms with Crippen molar-refractivity contribution >= 4 is 0 Å². The van der Waals surface area contributed by atoms with Crippen LogP contribution in [0.2, 0.25) is 0 Å². The van der Waals surface area contributed by atoms with E-state index in [1.807, 2.05) is 26.0 Å². The number of ether oxygens (including phenoxy) is 2. The number of fused-ring (bicyclic) bond motifs is 1. The molecule has 3 nitrogen and oxygen atoms in total. The third kappa shape index (κ3) is 1.91. The van der Waals surface area contributed by atoms with Gasteiger partial charge in [-0.25, -0.2) is 0 Å². The van der Waals surface area contributed by atoms with Crippen LogP contribution in [0.3, 0.4) is 0 Å². The first-order valence-electron chi connectivity index (χ1n) is 5.79. The molecule has 1 aromatic rings. The summed E-state index contributed by atoms with van der Waals surface area (Å²) in [6.45, 7) is 5.04. The molecular weight excluding hydrogens is 216 g/mol. The lowest BCUT2D eigenvalue weighted by Crippen LogP contribution is -2.00. The van der Waals surface area contributed by atoms with E-state index in [0.29, 0.717) is 25.4 Å². The van der Waals surface area contributed by atoms with Gasteiger partial charge in [0.1, 0.15) is 11.5 Å². The smallest absolute Gasteiger partial charge is 0.129 e. The molecule has 92 valence electrons. The highest BCUT2D eigenvalue weighted by atomic mass is 16.5. The standard InChI is InChI=1S/C14H18O3/c1-4-5-6-10-13(15)12-8-17-7-11(12)9(2)14(10)16-3/h4-5,15H,6-8H2,1-3H3/b5-4-. The monoisotopic (exact) mass is 234 g/mol. The molecule has 0 bridgehead atoms. The largest absolute Gasteiger partial charge is 0.507 e. The van der Waals surface area contributed by atoms with Crippen molar-refractivity contribution in [3.63, 3.8) is 0 Å². The van der Waals surface area contributed by atoms with Crippen LogP contribution < -0.4 is 4.74 Å². The van der Waals surface area contributed by atoms with Crippen LogP contribution in [0.1, 0.15) is 29.2 Å². The molecule has 1 aromatic carbocycles. The van der Waals surface area contributed by atoms with E-state index in [-0.39, 0.29) is 0 Å². The lowest BCUT2D eigenvalue weighted by Gasteiger charge is -2.16. The van der Waals surface area contributed by atoms with Crippen molar-refractivity contribution in [3.8, 4) is 11.5 Å². The van der Waals surface area contributed by atoms with E-state index in [2.05, 4.69) is 0 Å². The molecule has 0 aliphatic carbocycles. The van der Waals surface area contributed by atoms with Gasteiger partial charge >= 0.3 is 0 Å². The van der Waals surface area contributed by atoms with Crippen molar-refractivity contribution in [3.05, 3.63) is 34.4 Å². The van der Waals surface area contributed by atoms with Gasteiger partial charge in [-0.15, -0.1) is 0 Å². The van der Waals surface area contributed by atoms with Gasteiger partial charge in [0.15, 0.2) is 0 Å². The molecule has 0 saturated carbocycles. The van der Waals surface area contributed by atoms with Gasteiger partial charge in [-0.1, -0.05) is 12.2 Å². The molecule has 0 amide bonds. The lowest BCUT2D eigenvalue weighted by atomic mass is 9.95. The molecule has 0 saturated heterocycles. The summed E-state index contributed by atoms with van der Waals surface area (Å²) >= 11 is 0. The zero-order chi connectivity index (χ0) is 12.4. The van der Waals surface area contributed by atoms with Gasteiger partial charge < -0.3 is 14.6 Å². The van der Waals surface area contributed by atoms with Crippen molar-refractivity contribution in [2.24, 2.45) is 0 Å². The molecule has 0 spiro atoms. The van der Waals surface area contributed by atoms with Crippen molar-refractivity contribution < 1.29 is 14.6 Å². The van der Waals surface area contributed by atoms with E-state index < -0.39 is 0 Å². The summed E-state index contributed by atoms with van der Waals surface area (Å²) in [7, 11) is 1.64. The molecular formula is C14H18O3. The van der Waals surface area contributed by atoms with E-state index >= 15 is 0 Å². The van der Waals surface area contributed by atoms with Gasteiger partial charge in [0.2, 0.25) is 0 Å². The summed E-state index contributed by atoms with van der Waals surface area (Å²) in [5, 5.41) is 10.3. The summed E-state index contributed by atoms with van der Waals surface area (Å²) in [4.78, 5) is 0. The molecule has 0 unspecified atom stereocenters. The van der Waals surface area contributed by atoms with E-state index in [1.54, 1.807) is 7.11 Å². The molecule has 0 fully saturated rings. The molecule has 1 aliphatic rings. The number of hydrogen-bond donors (Lipinski definition) is 1. The molecule has 17 heavy (non-hydrogen) atoms. The van der Waals surface area contributed by atoms with Crippen molar-refractivity contribution in [2.45, 2.75) is 33.5 Å². The Labute approximate surface area is 102 Å². The van der Waals surface area contributed by atoms with Crippen molar-refractivity contribution in [1.82, 2.24) is 0 Å². The van der Waals surface area contributed by atoms with Crippen LogP contribution in [0.15, 0.2) is 12.2 Å². The van der Waals surface area contributed by atoms with E-state index in [1.165, 1.54) is 0 Å². The number of methoxy groups -OCH3 is 1. The highest BCUT2D eigenvalue weighted by Gasteiger charge is 2.24. The van der Waals surface area contributed by atoms with Gasteiger partial charge in [0.05, 0.1) is 20.3 Å². The predicted octanol–water partition coefficient (Wildman–Crippen LogP) is 2.86. The maximum atomic E-state index is 10.3. The third-order valence-electron chi connectivity index (χ3n) is 3.26. The summed E-state index contributed by atoms with van der Waals surface area (Å²) in [6, 6.07) is 0. The highest BCUT2D eigenvalue weighted by molar-refractivity contribution is 5.59. The third-order valence-corrected chi connectivity index (χ3v) is 3.26. The first-order valence-corrected chi connectivity index (χ1v) is 5.79. The first-order chi connectivity index (χ1) is 8.20. The number of phenolic OH excluding ortho intramolecular Hbond substituents is 1. The Morgan fingerprint density at radius 3 is 2.71 bits per heavy atom. The number of phenols is 1. The second kappa shape index (κ2) is 4.80. The fraction of sp³-hybridized carbons (Fsp3) is 0.429. The maximum Gasteiger partial charge on any atom is 0.129 e. The first kappa shape index (κ1) is 12.0. The zero-order valence-corrected chi connectivity index (χ0v) is 10.5. The van der Waals surface area contributed by atoms with Crippen LogP contribution in [-0.2, 0) is 24.4 Å². The fourth-order valence-electron chi connectivity index (χ4n) is 2.33. The second-order valence-electron chi connectivity index (χ2n) is 4.21. The number of hydrogen-bond acceptors (Lipinski definition) is 3. The van der Waals surface area contributed by atoms with Crippen LogP contribution in [0.5, 0.6) is 11.5 Å². The quantitative estimate of drug-likeness (QED) is 0.817. The Kier molecular flexibility index (Phi) is 3.38. The molecule has 1 heterocycles. The van der Waals surface area contributed by atoms with Crippen LogP contribution in [0.25, 0.3) is 0 Å². The Hall–Kier alpha value is -1.48. The average Bonchev–Trinajstić information content (AvgIpc) is 2.81. The van der Waals surface area contributed by atoms with E-state index in [9.17, 15) is 5.11 Å². The van der Waals surface area contributed by atoms with Gasteiger partial charge in [0, 0.05) is 11.1 Å². The maximum absolute atomic E-state index is 10.3. The fourth-order valence-corrected chi connectivity index (χ4v) is 2.33. The number of aromatic hydroxyl groups is 1. The molecule has 3 heteroatoms. The van der Waals surface area contributed by atoms with Gasteiger partial charge in [0.25, 0.3) is 0 Å². The Balaban J connectivity index is 2.60. The number of allylic oxidation sites excluding steroid dienone is 2.